The molecule has 21 heavy (non-hydrogen) atoms. The number of aliphatic carboxylic acids is 1. The summed E-state index contributed by atoms with van der Waals surface area (Å²) < 4.78 is 5.54. The predicted molar refractivity (Wildman–Crippen MR) is 81.4 cm³/mol. The quantitative estimate of drug-likeness (QED) is 0.790. The van der Waals surface area contributed by atoms with E-state index >= 15 is 0 Å². The topological polar surface area (TPSA) is 75.6 Å². The maximum Gasteiger partial charge on any atom is 0.331 e. The number of carbonyl (C=O) groups is 2. The van der Waals surface area contributed by atoms with E-state index in [9.17, 15) is 9.59 Å². The summed E-state index contributed by atoms with van der Waals surface area (Å²) in [6.45, 7) is 7.65. The Bertz CT molecular complexity index is 544. The molecule has 0 aliphatic carbocycles. The van der Waals surface area contributed by atoms with E-state index in [4.69, 9.17) is 9.84 Å². The van der Waals surface area contributed by atoms with Gasteiger partial charge in [-0.2, -0.15) is 0 Å². The van der Waals surface area contributed by atoms with Crippen molar-refractivity contribution in [2.45, 2.75) is 27.7 Å². The third-order valence-corrected chi connectivity index (χ3v) is 2.92. The number of amides is 1. The molecule has 0 atom stereocenters. The Hall–Kier alpha value is -2.30. The van der Waals surface area contributed by atoms with Crippen LogP contribution in [-0.2, 0) is 9.59 Å². The van der Waals surface area contributed by atoms with Crippen LogP contribution in [-0.4, -0.2) is 23.6 Å². The highest BCUT2D eigenvalue weighted by Crippen LogP contribution is 2.17. The van der Waals surface area contributed by atoms with Gasteiger partial charge < -0.3 is 15.2 Å². The summed E-state index contributed by atoms with van der Waals surface area (Å²) >= 11 is 0. The molecule has 1 aromatic rings. The smallest absolute Gasteiger partial charge is 0.331 e. The SMILES string of the molecule is C/C(C(=O)O)=C(\C)C(=O)Nc1ccc(OCC(C)C)cc1. The average Bonchev–Trinajstić information content (AvgIpc) is 2.44. The molecule has 0 radical (unpaired) electrons. The van der Waals surface area contributed by atoms with Gasteiger partial charge in [0.1, 0.15) is 5.75 Å². The van der Waals surface area contributed by atoms with Gasteiger partial charge in [-0.1, -0.05) is 13.8 Å². The molecule has 0 heterocycles. The average molecular weight is 291 g/mol. The second kappa shape index (κ2) is 7.47. The number of carboxylic acids is 1. The molecule has 1 aromatic carbocycles. The summed E-state index contributed by atoms with van der Waals surface area (Å²) in [6.07, 6.45) is 0. The Morgan fingerprint density at radius 1 is 1.14 bits per heavy atom. The highest BCUT2D eigenvalue weighted by molar-refractivity contribution is 6.08. The van der Waals surface area contributed by atoms with Crippen LogP contribution in [0.4, 0.5) is 5.69 Å². The number of hydrogen-bond acceptors (Lipinski definition) is 3. The molecule has 0 saturated heterocycles. The number of ether oxygens (including phenoxy) is 1. The summed E-state index contributed by atoms with van der Waals surface area (Å²) in [4.78, 5) is 22.7. The van der Waals surface area contributed by atoms with Gasteiger partial charge >= 0.3 is 5.97 Å². The van der Waals surface area contributed by atoms with Crippen molar-refractivity contribution >= 4 is 17.6 Å². The number of carbonyl (C=O) groups excluding carboxylic acids is 1. The Balaban J connectivity index is 2.70. The number of hydrogen-bond donors (Lipinski definition) is 2. The van der Waals surface area contributed by atoms with Crippen molar-refractivity contribution in [3.63, 3.8) is 0 Å². The van der Waals surface area contributed by atoms with E-state index in [0.29, 0.717) is 18.2 Å². The lowest BCUT2D eigenvalue weighted by Gasteiger charge is -2.10. The van der Waals surface area contributed by atoms with Gasteiger partial charge in [-0.3, -0.25) is 4.79 Å². The van der Waals surface area contributed by atoms with Crippen molar-refractivity contribution in [1.82, 2.24) is 0 Å². The number of rotatable bonds is 6. The minimum atomic E-state index is -1.10. The van der Waals surface area contributed by atoms with E-state index < -0.39 is 11.9 Å². The van der Waals surface area contributed by atoms with Crippen LogP contribution in [0, 0.1) is 5.92 Å². The summed E-state index contributed by atoms with van der Waals surface area (Å²) in [7, 11) is 0. The number of anilines is 1. The fraction of sp³-hybridized carbons (Fsp3) is 0.375. The van der Waals surface area contributed by atoms with Crippen LogP contribution in [0.2, 0.25) is 0 Å². The van der Waals surface area contributed by atoms with Gasteiger partial charge in [0.05, 0.1) is 6.61 Å². The van der Waals surface area contributed by atoms with Gasteiger partial charge in [0.15, 0.2) is 0 Å². The first-order chi connectivity index (χ1) is 9.81. The zero-order chi connectivity index (χ0) is 16.0. The lowest BCUT2D eigenvalue weighted by atomic mass is 10.1. The molecule has 0 aromatic heterocycles. The van der Waals surface area contributed by atoms with Crippen LogP contribution in [0.15, 0.2) is 35.4 Å². The first-order valence-electron chi connectivity index (χ1n) is 6.76. The largest absolute Gasteiger partial charge is 0.493 e. The summed E-state index contributed by atoms with van der Waals surface area (Å²) in [6, 6.07) is 6.97. The molecular weight excluding hydrogens is 270 g/mol. The van der Waals surface area contributed by atoms with E-state index in [-0.39, 0.29) is 11.1 Å². The molecule has 0 fully saturated rings. The Morgan fingerprint density at radius 2 is 1.71 bits per heavy atom. The molecule has 0 spiro atoms. The maximum atomic E-state index is 11.9. The third-order valence-electron chi connectivity index (χ3n) is 2.92. The van der Waals surface area contributed by atoms with Gasteiger partial charge in [-0.05, 0) is 44.0 Å². The third kappa shape index (κ3) is 5.30. The second-order valence-corrected chi connectivity index (χ2v) is 5.24. The van der Waals surface area contributed by atoms with Crippen LogP contribution < -0.4 is 10.1 Å². The van der Waals surface area contributed by atoms with Gasteiger partial charge in [0.2, 0.25) is 0 Å². The fourth-order valence-electron chi connectivity index (χ4n) is 1.45. The Kier molecular flexibility index (Phi) is 5.96. The summed E-state index contributed by atoms with van der Waals surface area (Å²) in [5.74, 6) is -0.349. The highest BCUT2D eigenvalue weighted by Gasteiger charge is 2.12. The van der Waals surface area contributed by atoms with Crippen LogP contribution >= 0.6 is 0 Å². The van der Waals surface area contributed by atoms with Crippen molar-refractivity contribution in [3.05, 3.63) is 35.4 Å². The minimum Gasteiger partial charge on any atom is -0.493 e. The lowest BCUT2D eigenvalue weighted by molar-refractivity contribution is -0.133. The van der Waals surface area contributed by atoms with Crippen LogP contribution in [0.25, 0.3) is 0 Å². The Labute approximate surface area is 124 Å². The van der Waals surface area contributed by atoms with Crippen molar-refractivity contribution in [2.75, 3.05) is 11.9 Å². The van der Waals surface area contributed by atoms with Gasteiger partial charge in [0.25, 0.3) is 5.91 Å². The molecule has 5 nitrogen and oxygen atoms in total. The van der Waals surface area contributed by atoms with Crippen molar-refractivity contribution in [3.8, 4) is 5.75 Å². The lowest BCUT2D eigenvalue weighted by Crippen LogP contribution is -2.16. The first kappa shape index (κ1) is 16.8. The zero-order valence-corrected chi connectivity index (χ0v) is 12.8. The van der Waals surface area contributed by atoms with E-state index in [1.807, 2.05) is 0 Å². The van der Waals surface area contributed by atoms with Crippen LogP contribution in [0.1, 0.15) is 27.7 Å². The maximum absolute atomic E-state index is 11.9. The van der Waals surface area contributed by atoms with E-state index in [0.717, 1.165) is 5.75 Å². The second-order valence-electron chi connectivity index (χ2n) is 5.24. The van der Waals surface area contributed by atoms with Gasteiger partial charge in [0, 0.05) is 16.8 Å². The van der Waals surface area contributed by atoms with Crippen LogP contribution in [0.5, 0.6) is 5.75 Å². The molecule has 114 valence electrons. The molecule has 1 amide bonds. The molecule has 0 aliphatic rings. The van der Waals surface area contributed by atoms with Gasteiger partial charge in [-0.15, -0.1) is 0 Å². The van der Waals surface area contributed by atoms with E-state index in [1.54, 1.807) is 24.3 Å². The van der Waals surface area contributed by atoms with Crippen molar-refractivity contribution in [1.29, 1.82) is 0 Å². The molecule has 5 heteroatoms. The Morgan fingerprint density at radius 3 is 2.19 bits per heavy atom. The molecule has 1 rings (SSSR count). The first-order valence-corrected chi connectivity index (χ1v) is 6.76. The zero-order valence-electron chi connectivity index (χ0n) is 12.8. The standard InChI is InChI=1S/C16H21NO4/c1-10(2)9-21-14-7-5-13(6-8-14)17-15(18)11(3)12(4)16(19)20/h5-8,10H,9H2,1-4H3,(H,17,18)(H,19,20)/b12-11-. The molecular formula is C16H21NO4. The predicted octanol–water partition coefficient (Wildman–Crippen LogP) is 3.08. The minimum absolute atomic E-state index is 0.0318. The molecule has 0 saturated carbocycles. The summed E-state index contributed by atoms with van der Waals surface area (Å²) in [5, 5.41) is 11.5. The molecule has 0 aliphatic heterocycles. The molecule has 0 unspecified atom stereocenters. The highest BCUT2D eigenvalue weighted by atomic mass is 16.5. The monoisotopic (exact) mass is 291 g/mol. The van der Waals surface area contributed by atoms with Crippen molar-refractivity contribution < 1.29 is 19.4 Å². The van der Waals surface area contributed by atoms with Crippen LogP contribution in [0.3, 0.4) is 0 Å². The van der Waals surface area contributed by atoms with Gasteiger partial charge in [-0.25, -0.2) is 4.79 Å². The number of benzene rings is 1. The number of nitrogens with one attached hydrogen (secondary N) is 1. The van der Waals surface area contributed by atoms with E-state index in [1.165, 1.54) is 13.8 Å². The molecule has 0 bridgehead atoms. The van der Waals surface area contributed by atoms with Crippen molar-refractivity contribution in [2.24, 2.45) is 5.92 Å². The fourth-order valence-corrected chi connectivity index (χ4v) is 1.45. The molecule has 2 N–H and O–H groups in total. The normalized spacial score (nSPS) is 11.9. The summed E-state index contributed by atoms with van der Waals surface area (Å²) in [5.41, 5.74) is 0.807. The van der Waals surface area contributed by atoms with E-state index in [2.05, 4.69) is 19.2 Å². The number of carboxylic acid groups (broad SMARTS) is 1.